The summed E-state index contributed by atoms with van der Waals surface area (Å²) in [6, 6.07) is 4.65. The third-order valence-electron chi connectivity index (χ3n) is 2.47. The van der Waals surface area contributed by atoms with Gasteiger partial charge >= 0.3 is 5.97 Å². The molecule has 0 aliphatic heterocycles. The molecule has 1 aromatic carbocycles. The topological polar surface area (TPSA) is 57.6 Å². The highest BCUT2D eigenvalue weighted by atomic mass is 16.4. The Balaban J connectivity index is 3.12. The molecule has 0 unspecified atom stereocenters. The number of anilines is 1. The van der Waals surface area contributed by atoms with Crippen LogP contribution in [0.4, 0.5) is 5.69 Å². The predicted molar refractivity (Wildman–Crippen MR) is 66.4 cm³/mol. The number of amides is 1. The van der Waals surface area contributed by atoms with Crippen LogP contribution >= 0.6 is 0 Å². The molecule has 1 N–H and O–H groups in total. The van der Waals surface area contributed by atoms with Crippen molar-refractivity contribution in [1.82, 2.24) is 0 Å². The number of aryl methyl sites for hydroxylation is 1. The van der Waals surface area contributed by atoms with Crippen molar-refractivity contribution >= 4 is 17.6 Å². The summed E-state index contributed by atoms with van der Waals surface area (Å²) in [6.07, 6.45) is 0. The Labute approximate surface area is 100 Å². The monoisotopic (exact) mass is 233 g/mol. The van der Waals surface area contributed by atoms with E-state index in [0.717, 1.165) is 5.56 Å². The van der Waals surface area contributed by atoms with Crippen molar-refractivity contribution in [2.75, 3.05) is 11.9 Å². The Morgan fingerprint density at radius 1 is 1.35 bits per heavy atom. The van der Waals surface area contributed by atoms with Crippen molar-refractivity contribution in [2.45, 2.75) is 13.8 Å². The first kappa shape index (κ1) is 13.0. The van der Waals surface area contributed by atoms with E-state index in [1.54, 1.807) is 33.0 Å². The van der Waals surface area contributed by atoms with Gasteiger partial charge in [-0.05, 0) is 37.6 Å². The number of carboxylic acid groups (broad SMARTS) is 1. The Morgan fingerprint density at radius 3 is 2.35 bits per heavy atom. The maximum atomic E-state index is 11.7. The van der Waals surface area contributed by atoms with Crippen LogP contribution in [-0.2, 0) is 4.79 Å². The number of carbonyl (C=O) groups is 2. The summed E-state index contributed by atoms with van der Waals surface area (Å²) >= 11 is 0. The largest absolute Gasteiger partial charge is 0.478 e. The van der Waals surface area contributed by atoms with Gasteiger partial charge in [-0.2, -0.15) is 0 Å². The second kappa shape index (κ2) is 4.82. The zero-order valence-electron chi connectivity index (χ0n) is 10.2. The summed E-state index contributed by atoms with van der Waals surface area (Å²) in [5.41, 5.74) is 2.07. The van der Waals surface area contributed by atoms with Crippen LogP contribution in [0.15, 0.2) is 30.4 Å². The fraction of sp³-hybridized carbons (Fsp3) is 0.231. The number of carboxylic acids is 1. The van der Waals surface area contributed by atoms with Crippen molar-refractivity contribution in [3.8, 4) is 0 Å². The Bertz CT molecular complexity index is 491. The first-order valence-corrected chi connectivity index (χ1v) is 5.12. The van der Waals surface area contributed by atoms with E-state index in [1.807, 2.05) is 0 Å². The Hall–Kier alpha value is -2.10. The Kier molecular flexibility index (Phi) is 3.68. The molecule has 0 aliphatic carbocycles. The minimum absolute atomic E-state index is 0.184. The summed E-state index contributed by atoms with van der Waals surface area (Å²) in [7, 11) is 1.64. The van der Waals surface area contributed by atoms with Gasteiger partial charge in [0.05, 0.1) is 5.56 Å². The van der Waals surface area contributed by atoms with Gasteiger partial charge in [-0.1, -0.05) is 6.58 Å². The third-order valence-corrected chi connectivity index (χ3v) is 2.47. The standard InChI is InChI=1S/C13H15NO3/c1-8(2)12(15)14(4)11-6-5-10(13(16)17)7-9(11)3/h5-7H,1H2,2-4H3,(H,16,17). The summed E-state index contributed by atoms with van der Waals surface area (Å²) in [5, 5.41) is 8.84. The smallest absolute Gasteiger partial charge is 0.335 e. The highest BCUT2D eigenvalue weighted by Gasteiger charge is 2.14. The number of hydrogen-bond donors (Lipinski definition) is 1. The molecule has 0 heterocycles. The van der Waals surface area contributed by atoms with E-state index < -0.39 is 5.97 Å². The first-order valence-electron chi connectivity index (χ1n) is 5.12. The lowest BCUT2D eigenvalue weighted by Gasteiger charge is -2.19. The van der Waals surface area contributed by atoms with Crippen molar-refractivity contribution in [3.05, 3.63) is 41.5 Å². The molecule has 0 bridgehead atoms. The molecular formula is C13H15NO3. The van der Waals surface area contributed by atoms with Gasteiger partial charge in [-0.15, -0.1) is 0 Å². The number of hydrogen-bond acceptors (Lipinski definition) is 2. The number of benzene rings is 1. The van der Waals surface area contributed by atoms with Crippen LogP contribution in [0.3, 0.4) is 0 Å². The van der Waals surface area contributed by atoms with Gasteiger partial charge < -0.3 is 10.0 Å². The zero-order valence-corrected chi connectivity index (χ0v) is 10.2. The molecule has 90 valence electrons. The molecule has 0 saturated carbocycles. The van der Waals surface area contributed by atoms with E-state index in [0.29, 0.717) is 11.3 Å². The average molecular weight is 233 g/mol. The van der Waals surface area contributed by atoms with Crippen LogP contribution in [0.2, 0.25) is 0 Å². The number of aromatic carboxylic acids is 1. The van der Waals surface area contributed by atoms with Crippen molar-refractivity contribution < 1.29 is 14.7 Å². The van der Waals surface area contributed by atoms with Gasteiger partial charge in [0, 0.05) is 18.3 Å². The molecule has 0 spiro atoms. The number of carbonyl (C=O) groups excluding carboxylic acids is 1. The quantitative estimate of drug-likeness (QED) is 0.814. The molecule has 4 heteroatoms. The lowest BCUT2D eigenvalue weighted by molar-refractivity contribution is -0.114. The van der Waals surface area contributed by atoms with Gasteiger partial charge in [0.25, 0.3) is 5.91 Å². The second-order valence-electron chi connectivity index (χ2n) is 3.95. The van der Waals surface area contributed by atoms with Crippen LogP contribution < -0.4 is 4.90 Å². The lowest BCUT2D eigenvalue weighted by Crippen LogP contribution is -2.27. The SMILES string of the molecule is C=C(C)C(=O)N(C)c1ccc(C(=O)O)cc1C. The molecule has 1 rings (SSSR count). The van der Waals surface area contributed by atoms with Crippen LogP contribution in [0.25, 0.3) is 0 Å². The summed E-state index contributed by atoms with van der Waals surface area (Å²) in [6.45, 7) is 7.00. The molecule has 0 atom stereocenters. The summed E-state index contributed by atoms with van der Waals surface area (Å²) < 4.78 is 0. The normalized spacial score (nSPS) is 9.82. The highest BCUT2D eigenvalue weighted by molar-refractivity contribution is 6.05. The average Bonchev–Trinajstić information content (AvgIpc) is 2.26. The summed E-state index contributed by atoms with van der Waals surface area (Å²) in [5.74, 6) is -1.16. The first-order chi connectivity index (χ1) is 7.84. The zero-order chi connectivity index (χ0) is 13.2. The van der Waals surface area contributed by atoms with Gasteiger partial charge in [0.1, 0.15) is 0 Å². The fourth-order valence-electron chi connectivity index (χ4n) is 1.56. The molecule has 17 heavy (non-hydrogen) atoms. The number of rotatable bonds is 3. The van der Waals surface area contributed by atoms with Crippen molar-refractivity contribution in [3.63, 3.8) is 0 Å². The van der Waals surface area contributed by atoms with Gasteiger partial charge in [-0.3, -0.25) is 4.79 Å². The van der Waals surface area contributed by atoms with E-state index in [2.05, 4.69) is 6.58 Å². The van der Waals surface area contributed by atoms with Crippen LogP contribution in [0.5, 0.6) is 0 Å². The fourth-order valence-corrected chi connectivity index (χ4v) is 1.56. The molecule has 1 amide bonds. The van der Waals surface area contributed by atoms with Crippen LogP contribution in [-0.4, -0.2) is 24.0 Å². The van der Waals surface area contributed by atoms with Gasteiger partial charge in [-0.25, -0.2) is 4.79 Å². The van der Waals surface area contributed by atoms with Crippen molar-refractivity contribution in [2.24, 2.45) is 0 Å². The highest BCUT2D eigenvalue weighted by Crippen LogP contribution is 2.21. The molecular weight excluding hydrogens is 218 g/mol. The molecule has 0 aliphatic rings. The second-order valence-corrected chi connectivity index (χ2v) is 3.95. The van der Waals surface area contributed by atoms with E-state index in [-0.39, 0.29) is 11.5 Å². The van der Waals surface area contributed by atoms with E-state index in [1.165, 1.54) is 11.0 Å². The predicted octanol–water partition coefficient (Wildman–Crippen LogP) is 2.23. The molecule has 0 aromatic heterocycles. The molecule has 1 aromatic rings. The van der Waals surface area contributed by atoms with Gasteiger partial charge in [0.15, 0.2) is 0 Å². The molecule has 0 saturated heterocycles. The van der Waals surface area contributed by atoms with E-state index in [4.69, 9.17) is 5.11 Å². The van der Waals surface area contributed by atoms with E-state index >= 15 is 0 Å². The maximum Gasteiger partial charge on any atom is 0.335 e. The summed E-state index contributed by atoms with van der Waals surface area (Å²) in [4.78, 5) is 24.0. The molecule has 0 radical (unpaired) electrons. The lowest BCUT2D eigenvalue weighted by atomic mass is 10.1. The van der Waals surface area contributed by atoms with Crippen LogP contribution in [0.1, 0.15) is 22.8 Å². The molecule has 4 nitrogen and oxygen atoms in total. The van der Waals surface area contributed by atoms with Gasteiger partial charge in [0.2, 0.25) is 0 Å². The third kappa shape index (κ3) is 2.72. The number of likely N-dealkylation sites (N-methyl/N-ethyl adjacent to an activating group) is 1. The maximum absolute atomic E-state index is 11.7. The minimum atomic E-state index is -0.978. The van der Waals surface area contributed by atoms with Crippen LogP contribution in [0, 0.1) is 6.92 Å². The molecule has 0 fully saturated rings. The van der Waals surface area contributed by atoms with E-state index in [9.17, 15) is 9.59 Å². The number of nitrogens with zero attached hydrogens (tertiary/aromatic N) is 1. The minimum Gasteiger partial charge on any atom is -0.478 e. The Morgan fingerprint density at radius 2 is 1.94 bits per heavy atom. The van der Waals surface area contributed by atoms with Crippen molar-refractivity contribution in [1.29, 1.82) is 0 Å².